The van der Waals surface area contributed by atoms with Crippen LogP contribution in [0.25, 0.3) is 0 Å². The third-order valence-corrected chi connectivity index (χ3v) is 8.07. The van der Waals surface area contributed by atoms with E-state index in [0.29, 0.717) is 49.5 Å². The molecule has 1 aromatic rings. The lowest BCUT2D eigenvalue weighted by atomic mass is 9.92. The lowest BCUT2D eigenvalue weighted by molar-refractivity contribution is -0.904. The number of quaternary nitrogens is 1. The number of amides is 1. The van der Waals surface area contributed by atoms with E-state index < -0.39 is 10.0 Å². The Balaban J connectivity index is 1.59. The summed E-state index contributed by atoms with van der Waals surface area (Å²) in [5.41, 5.74) is 1.70. The Labute approximate surface area is 169 Å². The molecule has 0 radical (unpaired) electrons. The van der Waals surface area contributed by atoms with Crippen molar-refractivity contribution in [1.29, 1.82) is 0 Å². The Kier molecular flexibility index (Phi) is 6.47. The molecular formula is C21H34N3O3S+. The molecular weight excluding hydrogens is 374 g/mol. The number of hydrogen-bond acceptors (Lipinski definition) is 3. The number of nitrogens with one attached hydrogen (secondary N) is 1. The van der Waals surface area contributed by atoms with Crippen LogP contribution in [0.1, 0.15) is 31.4 Å². The number of nitrogens with zero attached hydrogens (tertiary/aromatic N) is 2. The second kappa shape index (κ2) is 8.51. The summed E-state index contributed by atoms with van der Waals surface area (Å²) in [4.78, 5) is 16.3. The standard InChI is InChI=1S/C21H33N3O3S/c1-16-5-6-19(4)20(12-16)28(26,27)24-9-7-23(8-10-24)21(25)15-22-13-17(2)11-18(3)14-22/h5-6,12,17-18H,7-11,13-15H2,1-4H3/p+1/t17-,18-/m0/s1. The molecule has 2 atom stereocenters. The van der Waals surface area contributed by atoms with Crippen LogP contribution in [-0.4, -0.2) is 69.3 Å². The maximum atomic E-state index is 13.0. The van der Waals surface area contributed by atoms with Crippen molar-refractivity contribution in [1.82, 2.24) is 9.21 Å². The molecule has 2 saturated heterocycles. The van der Waals surface area contributed by atoms with Crippen molar-refractivity contribution in [2.45, 2.75) is 39.0 Å². The second-order valence-electron chi connectivity index (χ2n) is 8.83. The molecule has 6 nitrogen and oxygen atoms in total. The van der Waals surface area contributed by atoms with Crippen molar-refractivity contribution in [3.63, 3.8) is 0 Å². The van der Waals surface area contributed by atoms with Crippen LogP contribution in [0.4, 0.5) is 0 Å². The van der Waals surface area contributed by atoms with Crippen molar-refractivity contribution in [3.05, 3.63) is 29.3 Å². The molecule has 28 heavy (non-hydrogen) atoms. The first-order valence-electron chi connectivity index (χ1n) is 10.4. The van der Waals surface area contributed by atoms with Gasteiger partial charge in [-0.25, -0.2) is 8.42 Å². The van der Waals surface area contributed by atoms with E-state index in [4.69, 9.17) is 0 Å². The zero-order valence-corrected chi connectivity index (χ0v) is 18.4. The monoisotopic (exact) mass is 408 g/mol. The van der Waals surface area contributed by atoms with E-state index in [0.717, 1.165) is 24.2 Å². The number of sulfonamides is 1. The Morgan fingerprint density at radius 1 is 1.07 bits per heavy atom. The van der Waals surface area contributed by atoms with Gasteiger partial charge in [-0.15, -0.1) is 0 Å². The van der Waals surface area contributed by atoms with Crippen LogP contribution < -0.4 is 4.90 Å². The summed E-state index contributed by atoms with van der Waals surface area (Å²) in [5, 5.41) is 0. The summed E-state index contributed by atoms with van der Waals surface area (Å²) < 4.78 is 27.6. The number of carbonyl (C=O) groups is 1. The lowest BCUT2D eigenvalue weighted by Gasteiger charge is -2.36. The van der Waals surface area contributed by atoms with Crippen molar-refractivity contribution < 1.29 is 18.1 Å². The van der Waals surface area contributed by atoms with Gasteiger partial charge in [0.2, 0.25) is 10.0 Å². The number of rotatable bonds is 4. The lowest BCUT2D eigenvalue weighted by Crippen LogP contribution is -3.15. The minimum Gasteiger partial charge on any atom is -0.335 e. The molecule has 0 aliphatic carbocycles. The van der Waals surface area contributed by atoms with Crippen LogP contribution in [-0.2, 0) is 14.8 Å². The quantitative estimate of drug-likeness (QED) is 0.798. The Morgan fingerprint density at radius 3 is 2.29 bits per heavy atom. The molecule has 1 amide bonds. The first-order valence-corrected chi connectivity index (χ1v) is 11.8. The molecule has 1 N–H and O–H groups in total. The molecule has 0 bridgehead atoms. The van der Waals surface area contributed by atoms with Gasteiger partial charge >= 0.3 is 0 Å². The topological polar surface area (TPSA) is 62.1 Å². The molecule has 2 fully saturated rings. The van der Waals surface area contributed by atoms with Crippen molar-refractivity contribution in [2.24, 2.45) is 11.8 Å². The summed E-state index contributed by atoms with van der Waals surface area (Å²) in [6.07, 6.45) is 1.24. The van der Waals surface area contributed by atoms with Gasteiger partial charge < -0.3 is 9.80 Å². The summed E-state index contributed by atoms with van der Waals surface area (Å²) in [5.74, 6) is 1.47. The normalized spacial score (nSPS) is 27.0. The highest BCUT2D eigenvalue weighted by Gasteiger charge is 2.33. The predicted octanol–water partition coefficient (Wildman–Crippen LogP) is 0.697. The molecule has 2 aliphatic heterocycles. The van der Waals surface area contributed by atoms with Gasteiger partial charge in [0.15, 0.2) is 6.54 Å². The third kappa shape index (κ3) is 4.75. The van der Waals surface area contributed by atoms with Crippen LogP contribution >= 0.6 is 0 Å². The highest BCUT2D eigenvalue weighted by atomic mass is 32.2. The molecule has 156 valence electrons. The summed E-state index contributed by atoms with van der Waals surface area (Å²) >= 11 is 0. The van der Waals surface area contributed by atoms with Gasteiger partial charge in [-0.2, -0.15) is 4.31 Å². The van der Waals surface area contributed by atoms with Gasteiger partial charge in [0.1, 0.15) is 0 Å². The molecule has 0 spiro atoms. The fourth-order valence-electron chi connectivity index (χ4n) is 4.69. The largest absolute Gasteiger partial charge is 0.335 e. The maximum absolute atomic E-state index is 13.0. The van der Waals surface area contributed by atoms with Crippen molar-refractivity contribution in [2.75, 3.05) is 45.8 Å². The number of piperazine rings is 1. The Bertz CT molecular complexity index is 806. The summed E-state index contributed by atoms with van der Waals surface area (Å²) in [7, 11) is -3.52. The molecule has 2 heterocycles. The maximum Gasteiger partial charge on any atom is 0.277 e. The van der Waals surface area contributed by atoms with Gasteiger partial charge in [0, 0.05) is 38.0 Å². The summed E-state index contributed by atoms with van der Waals surface area (Å²) in [6, 6.07) is 5.52. The van der Waals surface area contributed by atoms with Crippen LogP contribution in [0, 0.1) is 25.7 Å². The van der Waals surface area contributed by atoms with E-state index >= 15 is 0 Å². The minimum atomic E-state index is -3.52. The van der Waals surface area contributed by atoms with Gasteiger partial charge in [0.05, 0.1) is 18.0 Å². The third-order valence-electron chi connectivity index (χ3n) is 6.03. The SMILES string of the molecule is Cc1ccc(C)c(S(=O)(=O)N2CCN(C(=O)C[NH+]3C[C@@H](C)C[C@H](C)C3)CC2)c1. The van der Waals surface area contributed by atoms with E-state index in [-0.39, 0.29) is 5.91 Å². The van der Waals surface area contributed by atoms with E-state index in [9.17, 15) is 13.2 Å². The molecule has 3 rings (SSSR count). The molecule has 2 aliphatic rings. The zero-order valence-electron chi connectivity index (χ0n) is 17.6. The Hall–Kier alpha value is -1.44. The van der Waals surface area contributed by atoms with Crippen LogP contribution in [0.5, 0.6) is 0 Å². The van der Waals surface area contributed by atoms with Crippen molar-refractivity contribution in [3.8, 4) is 0 Å². The fourth-order valence-corrected chi connectivity index (χ4v) is 6.43. The van der Waals surface area contributed by atoms with Gasteiger partial charge in [-0.05, 0) is 37.5 Å². The summed E-state index contributed by atoms with van der Waals surface area (Å²) in [6.45, 7) is 12.6. The van der Waals surface area contributed by atoms with E-state index in [2.05, 4.69) is 13.8 Å². The number of benzene rings is 1. The van der Waals surface area contributed by atoms with Crippen molar-refractivity contribution >= 4 is 15.9 Å². The fraction of sp³-hybridized carbons (Fsp3) is 0.667. The predicted molar refractivity (Wildman–Crippen MR) is 110 cm³/mol. The van der Waals surface area contributed by atoms with E-state index in [1.165, 1.54) is 15.6 Å². The second-order valence-corrected chi connectivity index (χ2v) is 10.7. The average Bonchev–Trinajstić information content (AvgIpc) is 2.63. The average molecular weight is 409 g/mol. The van der Waals surface area contributed by atoms with Crippen LogP contribution in [0.2, 0.25) is 0 Å². The molecule has 1 aromatic carbocycles. The molecule has 0 aromatic heterocycles. The molecule has 0 unspecified atom stereocenters. The van der Waals surface area contributed by atoms with E-state index in [1.807, 2.05) is 30.9 Å². The first-order chi connectivity index (χ1) is 13.2. The first kappa shape index (κ1) is 21.3. The van der Waals surface area contributed by atoms with Crippen LogP contribution in [0.3, 0.4) is 0 Å². The number of aryl methyl sites for hydroxylation is 2. The zero-order chi connectivity index (χ0) is 20.5. The molecule has 7 heteroatoms. The van der Waals surface area contributed by atoms with Gasteiger partial charge in [-0.1, -0.05) is 26.0 Å². The minimum absolute atomic E-state index is 0.153. The number of hydrogen-bond donors (Lipinski definition) is 1. The highest BCUT2D eigenvalue weighted by molar-refractivity contribution is 7.89. The van der Waals surface area contributed by atoms with Gasteiger partial charge in [-0.3, -0.25) is 4.79 Å². The highest BCUT2D eigenvalue weighted by Crippen LogP contribution is 2.22. The smallest absolute Gasteiger partial charge is 0.277 e. The number of likely N-dealkylation sites (tertiary alicyclic amines) is 1. The van der Waals surface area contributed by atoms with E-state index in [1.54, 1.807) is 6.07 Å². The van der Waals surface area contributed by atoms with Crippen LogP contribution in [0.15, 0.2) is 23.1 Å². The number of carbonyl (C=O) groups excluding carboxylic acids is 1. The van der Waals surface area contributed by atoms with Gasteiger partial charge in [0.25, 0.3) is 5.91 Å². The molecule has 0 saturated carbocycles. The number of piperidine rings is 1. The Morgan fingerprint density at radius 2 is 1.68 bits per heavy atom.